The molecule has 5 nitrogen and oxygen atoms in total. The maximum atomic E-state index is 5.57. The van der Waals surface area contributed by atoms with Gasteiger partial charge < -0.3 is 15.4 Å². The van der Waals surface area contributed by atoms with Crippen LogP contribution in [0.3, 0.4) is 0 Å². The molecular weight excluding hydrogens is 344 g/mol. The van der Waals surface area contributed by atoms with Gasteiger partial charge >= 0.3 is 0 Å². The molecule has 6 heteroatoms. The molecule has 0 radical (unpaired) electrons. The summed E-state index contributed by atoms with van der Waals surface area (Å²) in [5, 5.41) is 9.92. The number of guanidine groups is 1. The summed E-state index contributed by atoms with van der Waals surface area (Å²) in [6.07, 6.45) is 1.99. The Balaban J connectivity index is 1.52. The molecule has 0 atom stereocenters. The molecule has 0 aliphatic carbocycles. The normalized spacial score (nSPS) is 13.6. The van der Waals surface area contributed by atoms with E-state index in [9.17, 15) is 0 Å². The van der Waals surface area contributed by atoms with Gasteiger partial charge in [0.1, 0.15) is 10.8 Å². The minimum absolute atomic E-state index is 0.466. The molecule has 1 aliphatic rings. The number of nitrogens with one attached hydrogen (secondary N) is 2. The van der Waals surface area contributed by atoms with Crippen molar-refractivity contribution < 1.29 is 4.74 Å². The molecular formula is C20H28N4OS. The number of benzene rings is 1. The fourth-order valence-electron chi connectivity index (χ4n) is 2.87. The maximum Gasteiger partial charge on any atom is 0.191 e. The van der Waals surface area contributed by atoms with Gasteiger partial charge in [0.05, 0.1) is 18.8 Å². The second-order valence-corrected chi connectivity index (χ2v) is 7.68. The van der Waals surface area contributed by atoms with Crippen LogP contribution in [0.2, 0.25) is 0 Å². The zero-order chi connectivity index (χ0) is 18.4. The topological polar surface area (TPSA) is 58.5 Å². The molecule has 0 bridgehead atoms. The number of aliphatic imine (C=N–C) groups is 1. The van der Waals surface area contributed by atoms with E-state index in [1.54, 1.807) is 11.3 Å². The molecule has 0 amide bonds. The van der Waals surface area contributed by atoms with Gasteiger partial charge in [-0.05, 0) is 36.5 Å². The van der Waals surface area contributed by atoms with Crippen LogP contribution in [-0.2, 0) is 19.4 Å². The van der Waals surface area contributed by atoms with Gasteiger partial charge in [0.2, 0.25) is 0 Å². The minimum atomic E-state index is 0.466. The van der Waals surface area contributed by atoms with Gasteiger partial charge in [-0.3, -0.25) is 0 Å². The molecule has 2 aromatic rings. The Labute approximate surface area is 159 Å². The van der Waals surface area contributed by atoms with Crippen molar-refractivity contribution in [3.05, 3.63) is 45.4 Å². The lowest BCUT2D eigenvalue weighted by molar-refractivity contribution is 0.357. The summed E-state index contributed by atoms with van der Waals surface area (Å²) in [4.78, 5) is 9.31. The monoisotopic (exact) mass is 372 g/mol. The highest BCUT2D eigenvalue weighted by Crippen LogP contribution is 2.25. The molecule has 1 aromatic carbocycles. The molecule has 1 aromatic heterocycles. The third kappa shape index (κ3) is 4.97. The van der Waals surface area contributed by atoms with Crippen LogP contribution < -0.4 is 15.4 Å². The van der Waals surface area contributed by atoms with Crippen molar-refractivity contribution in [1.82, 2.24) is 15.6 Å². The quantitative estimate of drug-likeness (QED) is 0.577. The molecule has 1 aliphatic heterocycles. The van der Waals surface area contributed by atoms with E-state index in [-0.39, 0.29) is 0 Å². The molecule has 2 N–H and O–H groups in total. The molecule has 140 valence electrons. The molecule has 0 spiro atoms. The first-order chi connectivity index (χ1) is 12.7. The van der Waals surface area contributed by atoms with E-state index in [2.05, 4.69) is 65.0 Å². The highest BCUT2D eigenvalue weighted by molar-refractivity contribution is 7.09. The lowest BCUT2D eigenvalue weighted by atomic mass is 10.1. The summed E-state index contributed by atoms with van der Waals surface area (Å²) in [5.41, 5.74) is 3.81. The third-order valence-electron chi connectivity index (χ3n) is 4.34. The van der Waals surface area contributed by atoms with Crippen molar-refractivity contribution >= 4 is 17.3 Å². The Morgan fingerprint density at radius 1 is 1.35 bits per heavy atom. The van der Waals surface area contributed by atoms with Crippen molar-refractivity contribution in [3.63, 3.8) is 0 Å². The molecule has 3 rings (SSSR count). The zero-order valence-corrected chi connectivity index (χ0v) is 16.7. The van der Waals surface area contributed by atoms with Gasteiger partial charge in [-0.15, -0.1) is 11.3 Å². The number of hydrogen-bond donors (Lipinski definition) is 2. The van der Waals surface area contributed by atoms with Gasteiger partial charge in [0, 0.05) is 24.9 Å². The fraction of sp³-hybridized carbons (Fsp3) is 0.500. The number of rotatable bonds is 7. The Kier molecular flexibility index (Phi) is 6.50. The van der Waals surface area contributed by atoms with Gasteiger partial charge in [0.25, 0.3) is 0 Å². The van der Waals surface area contributed by atoms with Crippen LogP contribution in [0.1, 0.15) is 48.5 Å². The average Bonchev–Trinajstić information content (AvgIpc) is 3.28. The molecule has 0 unspecified atom stereocenters. The Morgan fingerprint density at radius 2 is 2.23 bits per heavy atom. The SMILES string of the molecule is CCNC(=NCc1nc(C(C)C)cs1)NCCc1ccc2c(c1)CCO2. The van der Waals surface area contributed by atoms with Gasteiger partial charge in [-0.2, -0.15) is 0 Å². The van der Waals surface area contributed by atoms with Gasteiger partial charge in [-0.1, -0.05) is 26.0 Å². The number of hydrogen-bond acceptors (Lipinski definition) is 4. The zero-order valence-electron chi connectivity index (χ0n) is 15.8. The first-order valence-corrected chi connectivity index (χ1v) is 10.2. The third-order valence-corrected chi connectivity index (χ3v) is 5.19. The van der Waals surface area contributed by atoms with Crippen molar-refractivity contribution in [2.24, 2.45) is 4.99 Å². The molecule has 0 fully saturated rings. The number of aromatic nitrogens is 1. The van der Waals surface area contributed by atoms with E-state index in [4.69, 9.17) is 4.74 Å². The first-order valence-electron chi connectivity index (χ1n) is 9.36. The number of ether oxygens (including phenoxy) is 1. The van der Waals surface area contributed by atoms with Crippen LogP contribution >= 0.6 is 11.3 Å². The smallest absolute Gasteiger partial charge is 0.191 e. The largest absolute Gasteiger partial charge is 0.493 e. The number of fused-ring (bicyclic) bond motifs is 1. The Hall–Kier alpha value is -2.08. The molecule has 26 heavy (non-hydrogen) atoms. The standard InChI is InChI=1S/C20H28N4OS/c1-4-21-20(23-12-19-24-17(13-26-19)14(2)3)22-9-7-15-5-6-18-16(11-15)8-10-25-18/h5-6,11,13-14H,4,7-10,12H2,1-3H3,(H2,21,22,23). The predicted molar refractivity (Wildman–Crippen MR) is 108 cm³/mol. The molecule has 2 heterocycles. The second kappa shape index (κ2) is 9.03. The van der Waals surface area contributed by atoms with E-state index < -0.39 is 0 Å². The maximum absolute atomic E-state index is 5.57. The van der Waals surface area contributed by atoms with Crippen molar-refractivity contribution in [1.29, 1.82) is 0 Å². The average molecular weight is 373 g/mol. The highest BCUT2D eigenvalue weighted by Gasteiger charge is 2.12. The van der Waals surface area contributed by atoms with E-state index in [1.165, 1.54) is 11.1 Å². The lowest BCUT2D eigenvalue weighted by Gasteiger charge is -2.11. The van der Waals surface area contributed by atoms with Crippen molar-refractivity contribution in [2.45, 2.75) is 46.1 Å². The van der Waals surface area contributed by atoms with Crippen LogP contribution in [0.25, 0.3) is 0 Å². The van der Waals surface area contributed by atoms with Crippen LogP contribution in [0.15, 0.2) is 28.6 Å². The predicted octanol–water partition coefficient (Wildman–Crippen LogP) is 3.50. The van der Waals surface area contributed by atoms with Gasteiger partial charge in [0.15, 0.2) is 5.96 Å². The van der Waals surface area contributed by atoms with E-state index >= 15 is 0 Å². The Morgan fingerprint density at radius 3 is 3.00 bits per heavy atom. The summed E-state index contributed by atoms with van der Waals surface area (Å²) < 4.78 is 5.57. The van der Waals surface area contributed by atoms with Gasteiger partial charge in [-0.25, -0.2) is 9.98 Å². The molecule has 0 saturated carbocycles. The summed E-state index contributed by atoms with van der Waals surface area (Å²) >= 11 is 1.68. The fourth-order valence-corrected chi connectivity index (χ4v) is 3.75. The van der Waals surface area contributed by atoms with E-state index in [1.807, 2.05) is 0 Å². The van der Waals surface area contributed by atoms with Crippen LogP contribution in [0.5, 0.6) is 5.75 Å². The number of thiazole rings is 1. The summed E-state index contributed by atoms with van der Waals surface area (Å²) in [7, 11) is 0. The van der Waals surface area contributed by atoms with Crippen LogP contribution in [-0.4, -0.2) is 30.6 Å². The minimum Gasteiger partial charge on any atom is -0.493 e. The van der Waals surface area contributed by atoms with E-state index in [0.717, 1.165) is 54.9 Å². The van der Waals surface area contributed by atoms with Crippen molar-refractivity contribution in [2.75, 3.05) is 19.7 Å². The summed E-state index contributed by atoms with van der Waals surface area (Å²) in [6, 6.07) is 6.50. The summed E-state index contributed by atoms with van der Waals surface area (Å²) in [5.74, 6) is 2.35. The summed E-state index contributed by atoms with van der Waals surface area (Å²) in [6.45, 7) is 9.53. The first kappa shape index (κ1) is 18.7. The highest BCUT2D eigenvalue weighted by atomic mass is 32.1. The van der Waals surface area contributed by atoms with Crippen LogP contribution in [0, 0.1) is 0 Å². The molecule has 0 saturated heterocycles. The number of nitrogens with zero attached hydrogens (tertiary/aromatic N) is 2. The van der Waals surface area contributed by atoms with Crippen molar-refractivity contribution in [3.8, 4) is 5.75 Å². The Bertz CT molecular complexity index is 754. The second-order valence-electron chi connectivity index (χ2n) is 6.73. The van der Waals surface area contributed by atoms with Crippen LogP contribution in [0.4, 0.5) is 0 Å². The van der Waals surface area contributed by atoms with E-state index in [0.29, 0.717) is 12.5 Å². The lowest BCUT2D eigenvalue weighted by Crippen LogP contribution is -2.38.